The molecule has 0 spiro atoms. The van der Waals surface area contributed by atoms with Crippen molar-refractivity contribution in [3.8, 4) is 11.5 Å². The highest BCUT2D eigenvalue weighted by Gasteiger charge is 2.13. The van der Waals surface area contributed by atoms with Crippen molar-refractivity contribution < 1.29 is 4.79 Å². The smallest absolute Gasteiger partial charge is 0.346 e. The van der Waals surface area contributed by atoms with Crippen LogP contribution in [0.5, 0.6) is 0 Å². The van der Waals surface area contributed by atoms with Crippen LogP contribution in [0.25, 0.3) is 11.5 Å². The highest BCUT2D eigenvalue weighted by molar-refractivity contribution is 5.94. The van der Waals surface area contributed by atoms with E-state index in [1.807, 2.05) is 25.1 Å². The standard InChI is InChI=1S/C18H19N5O2/c1-13-6-8-14(9-7-13)17(24)20-11-12-23-18(25)22(2)16(21-23)15-5-3-4-10-19-15/h3-10H,11-12H2,1-2H3,(H,20,24). The number of benzene rings is 1. The highest BCUT2D eigenvalue weighted by Crippen LogP contribution is 2.10. The van der Waals surface area contributed by atoms with Gasteiger partial charge in [0.15, 0.2) is 5.82 Å². The Hall–Kier alpha value is -3.22. The summed E-state index contributed by atoms with van der Waals surface area (Å²) in [5.41, 5.74) is 2.07. The molecule has 2 heterocycles. The second kappa shape index (κ2) is 7.12. The Bertz CT molecular complexity index is 926. The minimum atomic E-state index is -0.245. The van der Waals surface area contributed by atoms with Gasteiger partial charge in [-0.3, -0.25) is 14.3 Å². The molecule has 3 rings (SSSR count). The number of carbonyl (C=O) groups excluding carboxylic acids is 1. The van der Waals surface area contributed by atoms with Crippen molar-refractivity contribution in [1.82, 2.24) is 24.6 Å². The van der Waals surface area contributed by atoms with Crippen LogP contribution in [-0.2, 0) is 13.6 Å². The van der Waals surface area contributed by atoms with Gasteiger partial charge in [0.2, 0.25) is 0 Å². The molecule has 0 aliphatic carbocycles. The van der Waals surface area contributed by atoms with E-state index in [2.05, 4.69) is 15.4 Å². The number of amides is 1. The molecule has 128 valence electrons. The van der Waals surface area contributed by atoms with Crippen LogP contribution in [0.2, 0.25) is 0 Å². The molecule has 0 radical (unpaired) electrons. The molecule has 2 aromatic heterocycles. The molecule has 0 atom stereocenters. The van der Waals surface area contributed by atoms with Crippen molar-refractivity contribution in [1.29, 1.82) is 0 Å². The number of hydrogen-bond acceptors (Lipinski definition) is 4. The summed E-state index contributed by atoms with van der Waals surface area (Å²) in [6.45, 7) is 2.57. The van der Waals surface area contributed by atoms with E-state index in [1.54, 1.807) is 37.5 Å². The van der Waals surface area contributed by atoms with E-state index in [9.17, 15) is 9.59 Å². The molecule has 0 saturated heterocycles. The molecule has 25 heavy (non-hydrogen) atoms. The highest BCUT2D eigenvalue weighted by atomic mass is 16.2. The first-order chi connectivity index (χ1) is 12.1. The maximum atomic E-state index is 12.3. The van der Waals surface area contributed by atoms with Gasteiger partial charge in [-0.05, 0) is 31.2 Å². The van der Waals surface area contributed by atoms with Gasteiger partial charge in [-0.2, -0.15) is 0 Å². The van der Waals surface area contributed by atoms with Crippen LogP contribution in [0.1, 0.15) is 15.9 Å². The summed E-state index contributed by atoms with van der Waals surface area (Å²) in [6, 6.07) is 12.8. The number of pyridine rings is 1. The molecule has 1 aromatic carbocycles. The lowest BCUT2D eigenvalue weighted by molar-refractivity contribution is 0.0952. The third kappa shape index (κ3) is 3.65. The fourth-order valence-corrected chi connectivity index (χ4v) is 2.43. The Morgan fingerprint density at radius 1 is 1.16 bits per heavy atom. The van der Waals surface area contributed by atoms with Crippen molar-refractivity contribution in [2.45, 2.75) is 13.5 Å². The Kier molecular flexibility index (Phi) is 4.74. The summed E-state index contributed by atoms with van der Waals surface area (Å²) in [5, 5.41) is 7.11. The van der Waals surface area contributed by atoms with Gasteiger partial charge in [-0.15, -0.1) is 5.10 Å². The van der Waals surface area contributed by atoms with Gasteiger partial charge in [0.1, 0.15) is 5.69 Å². The van der Waals surface area contributed by atoms with E-state index in [-0.39, 0.29) is 18.1 Å². The molecule has 1 amide bonds. The van der Waals surface area contributed by atoms with Gasteiger partial charge in [-0.25, -0.2) is 9.48 Å². The number of nitrogens with one attached hydrogen (secondary N) is 1. The molecular formula is C18H19N5O2. The molecule has 0 unspecified atom stereocenters. The maximum absolute atomic E-state index is 12.3. The molecule has 3 aromatic rings. The Balaban J connectivity index is 1.67. The number of hydrogen-bond donors (Lipinski definition) is 1. The summed E-state index contributed by atoms with van der Waals surface area (Å²) in [7, 11) is 1.65. The zero-order valence-electron chi connectivity index (χ0n) is 14.1. The van der Waals surface area contributed by atoms with E-state index in [4.69, 9.17) is 0 Å². The predicted octanol–water partition coefficient (Wildman–Crippen LogP) is 1.38. The van der Waals surface area contributed by atoms with Crippen LogP contribution >= 0.6 is 0 Å². The Morgan fingerprint density at radius 2 is 1.92 bits per heavy atom. The molecule has 0 aliphatic heterocycles. The third-order valence-electron chi connectivity index (χ3n) is 3.86. The van der Waals surface area contributed by atoms with Gasteiger partial charge in [0.05, 0.1) is 6.54 Å². The molecule has 0 saturated carbocycles. The zero-order valence-corrected chi connectivity index (χ0v) is 14.1. The minimum absolute atomic E-state index is 0.172. The zero-order chi connectivity index (χ0) is 17.8. The van der Waals surface area contributed by atoms with E-state index in [1.165, 1.54) is 9.25 Å². The monoisotopic (exact) mass is 337 g/mol. The molecule has 0 bridgehead atoms. The van der Waals surface area contributed by atoms with Crippen molar-refractivity contribution in [3.05, 3.63) is 70.3 Å². The van der Waals surface area contributed by atoms with Gasteiger partial charge in [0, 0.05) is 25.4 Å². The van der Waals surface area contributed by atoms with Gasteiger partial charge in [0.25, 0.3) is 5.91 Å². The van der Waals surface area contributed by atoms with E-state index >= 15 is 0 Å². The summed E-state index contributed by atoms with van der Waals surface area (Å²) in [5.74, 6) is 0.324. The molecule has 7 nitrogen and oxygen atoms in total. The predicted molar refractivity (Wildman–Crippen MR) is 94.2 cm³/mol. The summed E-state index contributed by atoms with van der Waals surface area (Å²) < 4.78 is 2.78. The van der Waals surface area contributed by atoms with Crippen LogP contribution in [-0.4, -0.2) is 31.8 Å². The molecule has 1 N–H and O–H groups in total. The Morgan fingerprint density at radius 3 is 2.60 bits per heavy atom. The van der Waals surface area contributed by atoms with E-state index < -0.39 is 0 Å². The average molecular weight is 337 g/mol. The van der Waals surface area contributed by atoms with Crippen LogP contribution < -0.4 is 11.0 Å². The third-order valence-corrected chi connectivity index (χ3v) is 3.86. The van der Waals surface area contributed by atoms with Crippen molar-refractivity contribution in [2.75, 3.05) is 6.54 Å². The van der Waals surface area contributed by atoms with Gasteiger partial charge >= 0.3 is 5.69 Å². The lowest BCUT2D eigenvalue weighted by Crippen LogP contribution is -2.31. The van der Waals surface area contributed by atoms with Crippen molar-refractivity contribution in [2.24, 2.45) is 7.05 Å². The van der Waals surface area contributed by atoms with Crippen molar-refractivity contribution in [3.63, 3.8) is 0 Å². The average Bonchev–Trinajstić information content (AvgIpc) is 2.91. The largest absolute Gasteiger partial charge is 0.350 e. The molecule has 7 heteroatoms. The van der Waals surface area contributed by atoms with Crippen molar-refractivity contribution >= 4 is 5.91 Å². The van der Waals surface area contributed by atoms with Gasteiger partial charge in [-0.1, -0.05) is 23.8 Å². The van der Waals surface area contributed by atoms with Crippen LogP contribution in [0.3, 0.4) is 0 Å². The van der Waals surface area contributed by atoms with Crippen LogP contribution in [0.4, 0.5) is 0 Å². The topological polar surface area (TPSA) is 81.8 Å². The number of rotatable bonds is 5. The van der Waals surface area contributed by atoms with E-state index in [0.717, 1.165) is 5.56 Å². The number of aromatic nitrogens is 4. The lowest BCUT2D eigenvalue weighted by atomic mass is 10.1. The fourth-order valence-electron chi connectivity index (χ4n) is 2.43. The summed E-state index contributed by atoms with van der Waals surface area (Å²) in [4.78, 5) is 28.6. The maximum Gasteiger partial charge on any atom is 0.346 e. The van der Waals surface area contributed by atoms with E-state index in [0.29, 0.717) is 23.6 Å². The quantitative estimate of drug-likeness (QED) is 0.763. The number of carbonyl (C=O) groups is 1. The Labute approximate surface area is 144 Å². The molecule has 0 fully saturated rings. The number of aryl methyl sites for hydroxylation is 1. The van der Waals surface area contributed by atoms with Crippen LogP contribution in [0, 0.1) is 6.92 Å². The summed E-state index contributed by atoms with van der Waals surface area (Å²) >= 11 is 0. The normalized spacial score (nSPS) is 10.6. The fraction of sp³-hybridized carbons (Fsp3) is 0.222. The first-order valence-electron chi connectivity index (χ1n) is 7.96. The van der Waals surface area contributed by atoms with Gasteiger partial charge < -0.3 is 5.32 Å². The number of nitrogens with zero attached hydrogens (tertiary/aromatic N) is 4. The first-order valence-corrected chi connectivity index (χ1v) is 7.96. The summed E-state index contributed by atoms with van der Waals surface area (Å²) in [6.07, 6.45) is 1.65. The SMILES string of the molecule is Cc1ccc(C(=O)NCCn2nc(-c3ccccn3)n(C)c2=O)cc1. The first kappa shape index (κ1) is 16.6. The second-order valence-electron chi connectivity index (χ2n) is 5.73. The van der Waals surface area contributed by atoms with Crippen LogP contribution in [0.15, 0.2) is 53.5 Å². The minimum Gasteiger partial charge on any atom is -0.350 e. The lowest BCUT2D eigenvalue weighted by Gasteiger charge is -2.05. The second-order valence-corrected chi connectivity index (χ2v) is 5.73. The molecular weight excluding hydrogens is 318 g/mol. The molecule has 0 aliphatic rings.